The van der Waals surface area contributed by atoms with E-state index >= 15 is 0 Å². The van der Waals surface area contributed by atoms with Crippen LogP contribution in [-0.2, 0) is 13.1 Å². The molecule has 0 aliphatic carbocycles. The van der Waals surface area contributed by atoms with Crippen LogP contribution in [0.2, 0.25) is 10.0 Å². The number of nitrogens with two attached hydrogens (primary N) is 1. The summed E-state index contributed by atoms with van der Waals surface area (Å²) in [5, 5.41) is 7.90. The Morgan fingerprint density at radius 3 is 2.81 bits per heavy atom. The third-order valence-electron chi connectivity index (χ3n) is 4.15. The summed E-state index contributed by atoms with van der Waals surface area (Å²) in [6, 6.07) is 3.15. The van der Waals surface area contributed by atoms with Gasteiger partial charge in [-0.2, -0.15) is 5.10 Å². The molecule has 1 fully saturated rings. The van der Waals surface area contributed by atoms with Crippen LogP contribution in [-0.4, -0.2) is 37.9 Å². The number of benzene rings is 1. The average molecular weight is 414 g/mol. The number of carbonyl (C=O) groups is 1. The third-order valence-corrected chi connectivity index (χ3v) is 5.95. The van der Waals surface area contributed by atoms with Gasteiger partial charge in [0, 0.05) is 47.7 Å². The summed E-state index contributed by atoms with van der Waals surface area (Å²) in [7, 11) is 0. The van der Waals surface area contributed by atoms with E-state index in [1.54, 1.807) is 17.8 Å². The van der Waals surface area contributed by atoms with Gasteiger partial charge in [0.1, 0.15) is 5.56 Å². The van der Waals surface area contributed by atoms with Crippen LogP contribution < -0.4 is 11.4 Å². The lowest BCUT2D eigenvalue weighted by Gasteiger charge is -2.19. The van der Waals surface area contributed by atoms with E-state index in [0.29, 0.717) is 28.8 Å². The van der Waals surface area contributed by atoms with Crippen molar-refractivity contribution in [3.63, 3.8) is 0 Å². The standard InChI is InChI=1S/C16H17Cl2N5O2S/c1-2-23-15(25)10(7-20-23)14(24)9-3-4-12(17)11(13(9)18)8-22-5-6-26-16(22)21-19/h3-4,7,20H,2,5-6,8,19H2,1H3/b21-16-. The summed E-state index contributed by atoms with van der Waals surface area (Å²) in [6.07, 6.45) is 1.40. The number of nitrogens with zero attached hydrogens (tertiary/aromatic N) is 3. The van der Waals surface area contributed by atoms with E-state index in [-0.39, 0.29) is 21.7 Å². The van der Waals surface area contributed by atoms with Crippen molar-refractivity contribution in [3.05, 3.63) is 55.4 Å². The van der Waals surface area contributed by atoms with Crippen LogP contribution in [0.1, 0.15) is 28.4 Å². The van der Waals surface area contributed by atoms with E-state index in [0.717, 1.165) is 12.3 Å². The molecule has 0 atom stereocenters. The number of aromatic nitrogens is 2. The molecule has 1 saturated heterocycles. The maximum atomic E-state index is 12.8. The molecule has 0 bridgehead atoms. The van der Waals surface area contributed by atoms with E-state index < -0.39 is 5.78 Å². The molecule has 1 aromatic heterocycles. The van der Waals surface area contributed by atoms with E-state index in [1.807, 2.05) is 11.8 Å². The summed E-state index contributed by atoms with van der Waals surface area (Å²) in [5.41, 5.74) is 0.513. The molecule has 26 heavy (non-hydrogen) atoms. The van der Waals surface area contributed by atoms with Crippen molar-refractivity contribution in [1.82, 2.24) is 14.7 Å². The number of hydrogen-bond acceptors (Lipinski definition) is 5. The third kappa shape index (κ3) is 3.36. The van der Waals surface area contributed by atoms with Gasteiger partial charge in [0.25, 0.3) is 5.56 Å². The van der Waals surface area contributed by atoms with Crippen LogP contribution in [0.4, 0.5) is 0 Å². The number of thioether (sulfide) groups is 1. The Morgan fingerprint density at radius 2 is 2.15 bits per heavy atom. The second kappa shape index (κ2) is 7.77. The highest BCUT2D eigenvalue weighted by Crippen LogP contribution is 2.32. The predicted octanol–water partition coefficient (Wildman–Crippen LogP) is 2.51. The monoisotopic (exact) mass is 413 g/mol. The molecule has 3 N–H and O–H groups in total. The molecule has 0 unspecified atom stereocenters. The summed E-state index contributed by atoms with van der Waals surface area (Å²) < 4.78 is 1.35. The fourth-order valence-corrected chi connectivity index (χ4v) is 4.24. The summed E-state index contributed by atoms with van der Waals surface area (Å²) >= 11 is 14.3. The Kier molecular flexibility index (Phi) is 5.64. The van der Waals surface area contributed by atoms with E-state index in [1.165, 1.54) is 16.9 Å². The lowest BCUT2D eigenvalue weighted by molar-refractivity contribution is 0.103. The zero-order valence-corrected chi connectivity index (χ0v) is 16.3. The van der Waals surface area contributed by atoms with Crippen LogP contribution in [0.3, 0.4) is 0 Å². The molecule has 1 aliphatic heterocycles. The first-order chi connectivity index (χ1) is 12.5. The summed E-state index contributed by atoms with van der Waals surface area (Å²) in [4.78, 5) is 27.0. The number of hydrogen-bond donors (Lipinski definition) is 2. The van der Waals surface area contributed by atoms with Gasteiger partial charge in [-0.05, 0) is 19.1 Å². The molecule has 1 aromatic carbocycles. The van der Waals surface area contributed by atoms with Crippen molar-refractivity contribution in [3.8, 4) is 0 Å². The molecular weight excluding hydrogens is 397 g/mol. The van der Waals surface area contributed by atoms with Gasteiger partial charge in [0.05, 0.1) is 5.02 Å². The quantitative estimate of drug-likeness (QED) is 0.445. The Hall–Kier alpha value is -1.90. The number of H-pyrrole nitrogens is 1. The molecule has 138 valence electrons. The van der Waals surface area contributed by atoms with Gasteiger partial charge < -0.3 is 15.8 Å². The Labute approximate surface area is 164 Å². The highest BCUT2D eigenvalue weighted by molar-refractivity contribution is 8.14. The number of hydrazone groups is 1. The van der Waals surface area contributed by atoms with Gasteiger partial charge in [-0.15, -0.1) is 0 Å². The number of carbonyl (C=O) groups excluding carboxylic acids is 1. The fourth-order valence-electron chi connectivity index (χ4n) is 2.76. The lowest BCUT2D eigenvalue weighted by atomic mass is 10.0. The van der Waals surface area contributed by atoms with Gasteiger partial charge >= 0.3 is 0 Å². The highest BCUT2D eigenvalue weighted by Gasteiger charge is 2.25. The molecule has 0 radical (unpaired) electrons. The van der Waals surface area contributed by atoms with E-state index in [9.17, 15) is 9.59 Å². The van der Waals surface area contributed by atoms with Crippen LogP contribution in [0.25, 0.3) is 0 Å². The number of aromatic amines is 1. The SMILES string of the molecule is CCn1[nH]cc(C(=O)c2ccc(Cl)c(CN3CCS/C3=N\N)c2Cl)c1=O. The lowest BCUT2D eigenvalue weighted by Crippen LogP contribution is -2.25. The molecule has 0 saturated carbocycles. The second-order valence-corrected chi connectivity index (χ2v) is 7.48. The van der Waals surface area contributed by atoms with Gasteiger partial charge in [-0.1, -0.05) is 35.0 Å². The van der Waals surface area contributed by atoms with Crippen LogP contribution in [0.15, 0.2) is 28.2 Å². The molecule has 2 heterocycles. The second-order valence-electron chi connectivity index (χ2n) is 5.63. The Bertz CT molecular complexity index is 937. The average Bonchev–Trinajstić information content (AvgIpc) is 3.23. The van der Waals surface area contributed by atoms with Gasteiger partial charge in [0.15, 0.2) is 5.17 Å². The number of rotatable bonds is 5. The minimum atomic E-state index is -0.440. The summed E-state index contributed by atoms with van der Waals surface area (Å²) in [5.74, 6) is 5.83. The fraction of sp³-hybridized carbons (Fsp3) is 0.312. The Balaban J connectivity index is 1.98. The van der Waals surface area contributed by atoms with Gasteiger partial charge in [-0.25, -0.2) is 0 Å². The molecular formula is C16H17Cl2N5O2S. The van der Waals surface area contributed by atoms with Crippen LogP contribution in [0, 0.1) is 0 Å². The minimum Gasteiger partial charge on any atom is -0.345 e. The van der Waals surface area contributed by atoms with E-state index in [2.05, 4.69) is 10.2 Å². The van der Waals surface area contributed by atoms with Crippen LogP contribution >= 0.6 is 35.0 Å². The molecule has 3 rings (SSSR count). The molecule has 7 nitrogen and oxygen atoms in total. The Morgan fingerprint density at radius 1 is 1.38 bits per heavy atom. The zero-order chi connectivity index (χ0) is 18.8. The van der Waals surface area contributed by atoms with Gasteiger partial charge in [0.2, 0.25) is 5.78 Å². The van der Waals surface area contributed by atoms with Crippen molar-refractivity contribution in [2.75, 3.05) is 12.3 Å². The van der Waals surface area contributed by atoms with Crippen molar-refractivity contribution in [1.29, 1.82) is 0 Å². The van der Waals surface area contributed by atoms with Gasteiger partial charge in [-0.3, -0.25) is 14.3 Å². The smallest absolute Gasteiger partial charge is 0.277 e. The van der Waals surface area contributed by atoms with Crippen LogP contribution in [0.5, 0.6) is 0 Å². The number of ketones is 1. The molecule has 0 amide bonds. The van der Waals surface area contributed by atoms with E-state index in [4.69, 9.17) is 29.0 Å². The normalized spacial score (nSPS) is 15.8. The number of aryl methyl sites for hydroxylation is 1. The van der Waals surface area contributed by atoms with Crippen molar-refractivity contribution in [2.45, 2.75) is 20.0 Å². The molecule has 1 aliphatic rings. The molecule has 10 heteroatoms. The van der Waals surface area contributed by atoms with Crippen molar-refractivity contribution in [2.24, 2.45) is 10.9 Å². The minimum absolute atomic E-state index is 0.0444. The first kappa shape index (κ1) is 18.9. The first-order valence-corrected chi connectivity index (χ1v) is 9.67. The van der Waals surface area contributed by atoms with Crippen molar-refractivity contribution >= 4 is 45.9 Å². The number of nitrogens with one attached hydrogen (secondary N) is 1. The first-order valence-electron chi connectivity index (χ1n) is 7.93. The summed E-state index contributed by atoms with van der Waals surface area (Å²) in [6.45, 7) is 3.39. The molecule has 2 aromatic rings. The highest BCUT2D eigenvalue weighted by atomic mass is 35.5. The predicted molar refractivity (Wildman–Crippen MR) is 105 cm³/mol. The largest absolute Gasteiger partial charge is 0.345 e. The van der Waals surface area contributed by atoms with Crippen molar-refractivity contribution < 1.29 is 4.79 Å². The molecule has 0 spiro atoms. The number of amidine groups is 1. The number of halogens is 2. The maximum Gasteiger partial charge on any atom is 0.277 e. The topological polar surface area (TPSA) is 96.5 Å². The maximum absolute atomic E-state index is 12.8. The zero-order valence-electron chi connectivity index (χ0n) is 14.0.